The second-order valence-corrected chi connectivity index (χ2v) is 7.20. The lowest BCUT2D eigenvalue weighted by molar-refractivity contribution is -0.159. The highest BCUT2D eigenvalue weighted by Gasteiger charge is 2.29. The fraction of sp³-hybridized carbons (Fsp3) is 0.765. The molecular formula is C17H28N2O4. The fourth-order valence-corrected chi connectivity index (χ4v) is 1.97. The lowest BCUT2D eigenvalue weighted by Crippen LogP contribution is -2.46. The highest BCUT2D eigenvalue weighted by atomic mass is 16.6. The van der Waals surface area contributed by atoms with Crippen LogP contribution in [0.25, 0.3) is 0 Å². The van der Waals surface area contributed by atoms with Gasteiger partial charge in [-0.1, -0.05) is 20.8 Å². The number of nitriles is 1. The number of ketones is 1. The summed E-state index contributed by atoms with van der Waals surface area (Å²) < 4.78 is 5.34. The fourth-order valence-electron chi connectivity index (χ4n) is 1.97. The zero-order valence-corrected chi connectivity index (χ0v) is 14.9. The molecule has 0 aliphatic carbocycles. The van der Waals surface area contributed by atoms with E-state index in [0.717, 1.165) is 0 Å². The Labute approximate surface area is 138 Å². The number of hydrogen-bond donors (Lipinski definition) is 1. The van der Waals surface area contributed by atoms with Crippen LogP contribution >= 0.6 is 0 Å². The molecule has 0 aliphatic heterocycles. The first-order valence-electron chi connectivity index (χ1n) is 7.88. The molecule has 0 unspecified atom stereocenters. The third-order valence-corrected chi connectivity index (χ3v) is 2.97. The van der Waals surface area contributed by atoms with Gasteiger partial charge in [-0.15, -0.1) is 0 Å². The highest BCUT2D eigenvalue weighted by molar-refractivity contribution is 5.90. The van der Waals surface area contributed by atoms with E-state index in [1.165, 1.54) is 0 Å². The lowest BCUT2D eigenvalue weighted by Gasteiger charge is -2.26. The van der Waals surface area contributed by atoms with Crippen molar-refractivity contribution in [1.29, 1.82) is 5.26 Å². The molecule has 0 aromatic carbocycles. The summed E-state index contributed by atoms with van der Waals surface area (Å²) in [6.07, 6.45) is 0.237. The van der Waals surface area contributed by atoms with Crippen LogP contribution in [0.3, 0.4) is 0 Å². The van der Waals surface area contributed by atoms with E-state index in [-0.39, 0.29) is 30.4 Å². The zero-order chi connectivity index (χ0) is 18.2. The largest absolute Gasteiger partial charge is 0.458 e. The predicted octanol–water partition coefficient (Wildman–Crippen LogP) is 2.37. The molecule has 0 aromatic rings. The Hall–Kier alpha value is -1.90. The summed E-state index contributed by atoms with van der Waals surface area (Å²) in [4.78, 5) is 35.9. The summed E-state index contributed by atoms with van der Waals surface area (Å²) in [7, 11) is 0. The second-order valence-electron chi connectivity index (χ2n) is 7.20. The summed E-state index contributed by atoms with van der Waals surface area (Å²) >= 11 is 0. The molecule has 0 aromatic heterocycles. The maximum absolute atomic E-state index is 12.2. The monoisotopic (exact) mass is 324 g/mol. The minimum atomic E-state index is -0.741. The lowest BCUT2D eigenvalue weighted by atomic mass is 9.99. The number of ether oxygens (including phenoxy) is 1. The standard InChI is InChI=1S/C17H28N2O4/c1-11(2)9-14(16(22)23-17(4,5)6)19-15(21)12(3)10-13(20)7-8-18/h11-12,14H,7,9-10H2,1-6H3,(H,19,21)/t12-,14+/m1/s1. The van der Waals surface area contributed by atoms with Gasteiger partial charge in [0.15, 0.2) is 0 Å². The maximum Gasteiger partial charge on any atom is 0.329 e. The van der Waals surface area contributed by atoms with Gasteiger partial charge >= 0.3 is 5.97 Å². The van der Waals surface area contributed by atoms with E-state index in [0.29, 0.717) is 6.42 Å². The Bertz CT molecular complexity index is 472. The van der Waals surface area contributed by atoms with Gasteiger partial charge in [0.1, 0.15) is 17.4 Å². The first kappa shape index (κ1) is 21.1. The molecule has 0 saturated heterocycles. The third kappa shape index (κ3) is 9.67. The summed E-state index contributed by atoms with van der Waals surface area (Å²) in [5.41, 5.74) is -0.634. The molecule has 6 nitrogen and oxygen atoms in total. The minimum Gasteiger partial charge on any atom is -0.458 e. The number of carbonyl (C=O) groups is 3. The number of hydrogen-bond acceptors (Lipinski definition) is 5. The van der Waals surface area contributed by atoms with E-state index in [1.807, 2.05) is 13.8 Å². The normalized spacial score (nSPS) is 13.8. The van der Waals surface area contributed by atoms with Gasteiger partial charge in [0, 0.05) is 12.3 Å². The smallest absolute Gasteiger partial charge is 0.329 e. The van der Waals surface area contributed by atoms with Gasteiger partial charge in [-0.25, -0.2) is 4.79 Å². The van der Waals surface area contributed by atoms with Crippen molar-refractivity contribution >= 4 is 17.7 Å². The molecular weight excluding hydrogens is 296 g/mol. The molecule has 6 heteroatoms. The summed E-state index contributed by atoms with van der Waals surface area (Å²) in [5, 5.41) is 11.2. The molecule has 1 amide bonds. The van der Waals surface area contributed by atoms with E-state index in [4.69, 9.17) is 10.00 Å². The SMILES string of the molecule is CC(C)C[C@H](NC(=O)[C@H](C)CC(=O)CC#N)C(=O)OC(C)(C)C. The number of rotatable bonds is 8. The van der Waals surface area contributed by atoms with Crippen LogP contribution in [0.1, 0.15) is 60.8 Å². The van der Waals surface area contributed by atoms with Crippen molar-refractivity contribution in [3.63, 3.8) is 0 Å². The van der Waals surface area contributed by atoms with Crippen molar-refractivity contribution < 1.29 is 19.1 Å². The molecule has 0 fully saturated rings. The zero-order valence-electron chi connectivity index (χ0n) is 14.9. The Balaban J connectivity index is 4.82. The molecule has 0 saturated carbocycles. The van der Waals surface area contributed by atoms with Crippen LogP contribution in [0.4, 0.5) is 0 Å². The number of amides is 1. The van der Waals surface area contributed by atoms with Crippen LogP contribution in [0.5, 0.6) is 0 Å². The number of Topliss-reactive ketones (excluding diaryl/α,β-unsaturated/α-hetero) is 1. The van der Waals surface area contributed by atoms with E-state index in [1.54, 1.807) is 33.8 Å². The molecule has 0 heterocycles. The highest BCUT2D eigenvalue weighted by Crippen LogP contribution is 2.14. The van der Waals surface area contributed by atoms with Crippen LogP contribution in [0, 0.1) is 23.2 Å². The average Bonchev–Trinajstić information content (AvgIpc) is 2.35. The Kier molecular flexibility index (Phi) is 8.52. The molecule has 0 aliphatic rings. The van der Waals surface area contributed by atoms with Crippen LogP contribution in [0.15, 0.2) is 0 Å². The van der Waals surface area contributed by atoms with Gasteiger partial charge in [-0.05, 0) is 33.1 Å². The van der Waals surface area contributed by atoms with Crippen molar-refractivity contribution in [2.24, 2.45) is 11.8 Å². The van der Waals surface area contributed by atoms with Crippen molar-refractivity contribution in [3.8, 4) is 6.07 Å². The van der Waals surface area contributed by atoms with Crippen molar-refractivity contribution in [3.05, 3.63) is 0 Å². The summed E-state index contributed by atoms with van der Waals surface area (Å²) in [6.45, 7) is 10.8. The van der Waals surface area contributed by atoms with Gasteiger partial charge < -0.3 is 10.1 Å². The molecule has 0 rings (SSSR count). The van der Waals surface area contributed by atoms with E-state index in [9.17, 15) is 14.4 Å². The summed E-state index contributed by atoms with van der Waals surface area (Å²) in [6, 6.07) is 1.03. The number of esters is 1. The Morgan fingerprint density at radius 2 is 1.74 bits per heavy atom. The van der Waals surface area contributed by atoms with Gasteiger partial charge in [0.05, 0.1) is 12.5 Å². The molecule has 130 valence electrons. The van der Waals surface area contributed by atoms with Crippen LogP contribution in [-0.2, 0) is 19.1 Å². The predicted molar refractivity (Wildman–Crippen MR) is 86.2 cm³/mol. The number of nitrogens with zero attached hydrogens (tertiary/aromatic N) is 1. The molecule has 0 radical (unpaired) electrons. The molecule has 2 atom stereocenters. The van der Waals surface area contributed by atoms with Crippen LogP contribution in [-0.4, -0.2) is 29.3 Å². The van der Waals surface area contributed by atoms with Gasteiger partial charge in [-0.2, -0.15) is 5.26 Å². The van der Waals surface area contributed by atoms with Crippen LogP contribution < -0.4 is 5.32 Å². The average molecular weight is 324 g/mol. The molecule has 1 N–H and O–H groups in total. The van der Waals surface area contributed by atoms with Gasteiger partial charge in [0.2, 0.25) is 5.91 Å². The Morgan fingerprint density at radius 3 is 2.17 bits per heavy atom. The summed E-state index contributed by atoms with van der Waals surface area (Å²) in [5.74, 6) is -1.54. The Morgan fingerprint density at radius 1 is 1.17 bits per heavy atom. The first-order chi connectivity index (χ1) is 10.5. The maximum atomic E-state index is 12.2. The molecule has 0 spiro atoms. The van der Waals surface area contributed by atoms with Gasteiger partial charge in [-0.3, -0.25) is 9.59 Å². The third-order valence-electron chi connectivity index (χ3n) is 2.97. The first-order valence-corrected chi connectivity index (χ1v) is 7.88. The van der Waals surface area contributed by atoms with E-state index < -0.39 is 23.5 Å². The molecule has 23 heavy (non-hydrogen) atoms. The topological polar surface area (TPSA) is 96.3 Å². The quantitative estimate of drug-likeness (QED) is 0.691. The van der Waals surface area contributed by atoms with Crippen molar-refractivity contribution in [2.45, 2.75) is 72.4 Å². The van der Waals surface area contributed by atoms with Gasteiger partial charge in [0.25, 0.3) is 0 Å². The molecule has 0 bridgehead atoms. The van der Waals surface area contributed by atoms with E-state index in [2.05, 4.69) is 5.32 Å². The minimum absolute atomic E-state index is 0.0118. The van der Waals surface area contributed by atoms with E-state index >= 15 is 0 Å². The number of nitrogens with one attached hydrogen (secondary N) is 1. The number of carbonyl (C=O) groups excluding carboxylic acids is 3. The van der Waals surface area contributed by atoms with Crippen molar-refractivity contribution in [1.82, 2.24) is 5.32 Å². The van der Waals surface area contributed by atoms with Crippen molar-refractivity contribution in [2.75, 3.05) is 0 Å². The second kappa shape index (κ2) is 9.29. The van der Waals surface area contributed by atoms with Crippen LogP contribution in [0.2, 0.25) is 0 Å².